The van der Waals surface area contributed by atoms with E-state index in [1.807, 2.05) is 0 Å². The minimum absolute atomic E-state index is 0.396. The van der Waals surface area contributed by atoms with Crippen molar-refractivity contribution >= 4 is 11.7 Å². The molecule has 1 aromatic heterocycles. The summed E-state index contributed by atoms with van der Waals surface area (Å²) in [4.78, 5) is 14.9. The second-order valence-corrected chi connectivity index (χ2v) is 3.11. The molecule has 2 amide bonds. The molecule has 0 unspecified atom stereocenters. The maximum absolute atomic E-state index is 11.8. The molecule has 0 radical (unpaired) electrons. The Morgan fingerprint density at radius 1 is 1.50 bits per heavy atom. The lowest BCUT2D eigenvalue weighted by Crippen LogP contribution is -2.36. The maximum atomic E-state index is 11.8. The van der Waals surface area contributed by atoms with Gasteiger partial charge in [-0.15, -0.1) is 0 Å². The number of rotatable bonds is 2. The molecule has 0 aromatic carbocycles. The first kappa shape index (κ1) is 12.3. The molecule has 88 valence electrons. The molecule has 0 aliphatic carbocycles. The van der Waals surface area contributed by atoms with Gasteiger partial charge < -0.3 is 10.6 Å². The molecule has 0 aliphatic heterocycles. The lowest BCUT2D eigenvalue weighted by Gasteiger charge is -2.09. The van der Waals surface area contributed by atoms with Crippen LogP contribution in [0.4, 0.5) is 23.7 Å². The van der Waals surface area contributed by atoms with Crippen LogP contribution in [0.25, 0.3) is 0 Å². The lowest BCUT2D eigenvalue weighted by atomic mass is 10.3. The first-order chi connectivity index (χ1) is 7.37. The van der Waals surface area contributed by atoms with E-state index in [0.29, 0.717) is 11.4 Å². The van der Waals surface area contributed by atoms with E-state index in [9.17, 15) is 18.0 Å². The fourth-order valence-corrected chi connectivity index (χ4v) is 0.979. The Kier molecular flexibility index (Phi) is 3.70. The Balaban J connectivity index is 2.46. The highest BCUT2D eigenvalue weighted by molar-refractivity contribution is 5.89. The van der Waals surface area contributed by atoms with Crippen LogP contribution < -0.4 is 10.6 Å². The van der Waals surface area contributed by atoms with Gasteiger partial charge in [0.05, 0.1) is 0 Å². The van der Waals surface area contributed by atoms with E-state index < -0.39 is 18.8 Å². The van der Waals surface area contributed by atoms with Gasteiger partial charge in [-0.25, -0.2) is 4.79 Å². The first-order valence-corrected chi connectivity index (χ1v) is 4.41. The highest BCUT2D eigenvalue weighted by Gasteiger charge is 2.27. The standard InChI is InChI=1S/C9H10F3N3O/c1-6-4-7(2-3-13-6)15-8(16)14-5-9(10,11)12/h2-4H,5H2,1H3,(H2,13,14,15,16). The number of carbonyl (C=O) groups excluding carboxylic acids is 1. The van der Waals surface area contributed by atoms with Gasteiger partial charge in [0.2, 0.25) is 0 Å². The molecule has 1 rings (SSSR count). The zero-order chi connectivity index (χ0) is 12.2. The van der Waals surface area contributed by atoms with E-state index in [4.69, 9.17) is 0 Å². The summed E-state index contributed by atoms with van der Waals surface area (Å²) in [5.41, 5.74) is 1.06. The number of pyridine rings is 1. The van der Waals surface area contributed by atoms with Gasteiger partial charge in [-0.05, 0) is 19.1 Å². The fourth-order valence-electron chi connectivity index (χ4n) is 0.979. The Morgan fingerprint density at radius 3 is 2.75 bits per heavy atom. The van der Waals surface area contributed by atoms with Gasteiger partial charge in [-0.2, -0.15) is 13.2 Å². The van der Waals surface area contributed by atoms with Gasteiger partial charge in [0, 0.05) is 17.6 Å². The summed E-state index contributed by atoms with van der Waals surface area (Å²) in [5.74, 6) is 0. The highest BCUT2D eigenvalue weighted by atomic mass is 19.4. The van der Waals surface area contributed by atoms with E-state index in [1.165, 1.54) is 12.3 Å². The van der Waals surface area contributed by atoms with E-state index >= 15 is 0 Å². The van der Waals surface area contributed by atoms with Crippen LogP contribution >= 0.6 is 0 Å². The molecule has 2 N–H and O–H groups in total. The van der Waals surface area contributed by atoms with Crippen LogP contribution in [0.3, 0.4) is 0 Å². The van der Waals surface area contributed by atoms with Crippen molar-refractivity contribution < 1.29 is 18.0 Å². The van der Waals surface area contributed by atoms with Gasteiger partial charge >= 0.3 is 12.2 Å². The molecule has 0 atom stereocenters. The van der Waals surface area contributed by atoms with Crippen molar-refractivity contribution in [1.82, 2.24) is 10.3 Å². The van der Waals surface area contributed by atoms with Crippen molar-refractivity contribution in [2.45, 2.75) is 13.1 Å². The Hall–Kier alpha value is -1.79. The van der Waals surface area contributed by atoms with Gasteiger partial charge in [-0.1, -0.05) is 0 Å². The van der Waals surface area contributed by atoms with Crippen molar-refractivity contribution in [3.05, 3.63) is 24.0 Å². The summed E-state index contributed by atoms with van der Waals surface area (Å²) in [6, 6.07) is 2.13. The van der Waals surface area contributed by atoms with Crippen LogP contribution in [0.2, 0.25) is 0 Å². The summed E-state index contributed by atoms with van der Waals surface area (Å²) in [7, 11) is 0. The van der Waals surface area contributed by atoms with E-state index in [2.05, 4.69) is 10.3 Å². The minimum Gasteiger partial charge on any atom is -0.329 e. The van der Waals surface area contributed by atoms with Crippen molar-refractivity contribution in [2.24, 2.45) is 0 Å². The zero-order valence-electron chi connectivity index (χ0n) is 8.43. The monoisotopic (exact) mass is 233 g/mol. The second-order valence-electron chi connectivity index (χ2n) is 3.11. The maximum Gasteiger partial charge on any atom is 0.405 e. The number of nitrogens with zero attached hydrogens (tertiary/aromatic N) is 1. The molecule has 0 aliphatic rings. The number of alkyl halides is 3. The van der Waals surface area contributed by atoms with Gasteiger partial charge in [0.25, 0.3) is 0 Å². The predicted octanol–water partition coefficient (Wildman–Crippen LogP) is 2.07. The molecule has 0 saturated carbocycles. The van der Waals surface area contributed by atoms with Crippen molar-refractivity contribution in [3.8, 4) is 0 Å². The van der Waals surface area contributed by atoms with Gasteiger partial charge in [0.1, 0.15) is 6.54 Å². The molecule has 0 fully saturated rings. The molecule has 4 nitrogen and oxygen atoms in total. The third-order valence-corrected chi connectivity index (χ3v) is 1.60. The minimum atomic E-state index is -4.41. The molecule has 16 heavy (non-hydrogen) atoms. The topological polar surface area (TPSA) is 54.0 Å². The smallest absolute Gasteiger partial charge is 0.329 e. The number of anilines is 1. The lowest BCUT2D eigenvalue weighted by molar-refractivity contribution is -0.122. The second kappa shape index (κ2) is 4.82. The summed E-state index contributed by atoms with van der Waals surface area (Å²) in [6.45, 7) is 0.349. The predicted molar refractivity (Wildman–Crippen MR) is 52.1 cm³/mol. The number of aromatic nitrogens is 1. The van der Waals surface area contributed by atoms with Crippen LogP contribution in [-0.2, 0) is 0 Å². The SMILES string of the molecule is Cc1cc(NC(=O)NCC(F)(F)F)ccn1. The Bertz CT molecular complexity index is 379. The molecule has 0 saturated heterocycles. The van der Waals surface area contributed by atoms with Gasteiger partial charge in [-0.3, -0.25) is 4.98 Å². The number of carbonyl (C=O) groups is 1. The number of urea groups is 1. The number of aryl methyl sites for hydroxylation is 1. The Morgan fingerprint density at radius 2 is 2.19 bits per heavy atom. The molecule has 1 aromatic rings. The van der Waals surface area contributed by atoms with Crippen LogP contribution in [-0.4, -0.2) is 23.7 Å². The molecule has 0 spiro atoms. The van der Waals surface area contributed by atoms with E-state index in [-0.39, 0.29) is 0 Å². The first-order valence-electron chi connectivity index (χ1n) is 4.41. The normalized spacial score (nSPS) is 11.0. The number of halogens is 3. The zero-order valence-corrected chi connectivity index (χ0v) is 8.43. The molecular formula is C9H10F3N3O. The molecular weight excluding hydrogens is 223 g/mol. The van der Waals surface area contributed by atoms with Crippen molar-refractivity contribution in [1.29, 1.82) is 0 Å². The summed E-state index contributed by atoms with van der Waals surface area (Å²) in [6.07, 6.45) is -2.96. The van der Waals surface area contributed by atoms with Crippen LogP contribution in [0.1, 0.15) is 5.69 Å². The van der Waals surface area contributed by atoms with E-state index in [1.54, 1.807) is 18.3 Å². The third-order valence-electron chi connectivity index (χ3n) is 1.60. The van der Waals surface area contributed by atoms with Crippen LogP contribution in [0, 0.1) is 6.92 Å². The average Bonchev–Trinajstić information content (AvgIpc) is 2.14. The summed E-state index contributed by atoms with van der Waals surface area (Å²) in [5, 5.41) is 3.96. The highest BCUT2D eigenvalue weighted by Crippen LogP contribution is 2.12. The summed E-state index contributed by atoms with van der Waals surface area (Å²) >= 11 is 0. The van der Waals surface area contributed by atoms with Gasteiger partial charge in [0.15, 0.2) is 0 Å². The molecule has 0 bridgehead atoms. The average molecular weight is 233 g/mol. The molecule has 7 heteroatoms. The number of amides is 2. The van der Waals surface area contributed by atoms with Crippen LogP contribution in [0.5, 0.6) is 0 Å². The summed E-state index contributed by atoms with van der Waals surface area (Å²) < 4.78 is 35.3. The Labute approximate surface area is 89.9 Å². The van der Waals surface area contributed by atoms with E-state index in [0.717, 1.165) is 0 Å². The number of nitrogens with one attached hydrogen (secondary N) is 2. The number of hydrogen-bond donors (Lipinski definition) is 2. The van der Waals surface area contributed by atoms with Crippen molar-refractivity contribution in [3.63, 3.8) is 0 Å². The third kappa shape index (κ3) is 4.63. The molecule has 1 heterocycles. The quantitative estimate of drug-likeness (QED) is 0.821. The number of hydrogen-bond acceptors (Lipinski definition) is 2. The fraction of sp³-hybridized carbons (Fsp3) is 0.333. The van der Waals surface area contributed by atoms with Crippen LogP contribution in [0.15, 0.2) is 18.3 Å². The largest absolute Gasteiger partial charge is 0.405 e. The van der Waals surface area contributed by atoms with Crippen molar-refractivity contribution in [2.75, 3.05) is 11.9 Å².